The predicted octanol–water partition coefficient (Wildman–Crippen LogP) is 1.40. The lowest BCUT2D eigenvalue weighted by molar-refractivity contribution is 0.444. The Kier molecular flexibility index (Phi) is 2.09. The summed E-state index contributed by atoms with van der Waals surface area (Å²) < 4.78 is 1.93. The minimum absolute atomic E-state index is 0.597. The van der Waals surface area contributed by atoms with Crippen LogP contribution in [0.15, 0.2) is 24.5 Å². The zero-order chi connectivity index (χ0) is 11.0. The molecule has 1 aliphatic rings. The number of rotatable bonds is 1. The first-order valence-electron chi connectivity index (χ1n) is 5.42. The summed E-state index contributed by atoms with van der Waals surface area (Å²) in [6.45, 7) is 4.10. The number of pyridine rings is 1. The van der Waals surface area contributed by atoms with Gasteiger partial charge in [0.2, 0.25) is 5.95 Å². The molecule has 5 heteroatoms. The number of nitrogens with zero attached hydrogens (tertiary/aromatic N) is 4. The molecule has 1 atom stereocenters. The highest BCUT2D eigenvalue weighted by atomic mass is 15.4. The minimum Gasteiger partial charge on any atom is -0.354 e. The summed E-state index contributed by atoms with van der Waals surface area (Å²) >= 11 is 0. The maximum atomic E-state index is 4.49. The molecule has 0 amide bonds. The van der Waals surface area contributed by atoms with Crippen molar-refractivity contribution in [3.8, 4) is 11.4 Å². The molecule has 3 heterocycles. The molecule has 0 bridgehead atoms. The second kappa shape index (κ2) is 3.59. The summed E-state index contributed by atoms with van der Waals surface area (Å²) in [5.41, 5.74) is 1.01. The van der Waals surface area contributed by atoms with Gasteiger partial charge in [0.15, 0.2) is 5.82 Å². The monoisotopic (exact) mass is 215 g/mol. The van der Waals surface area contributed by atoms with Gasteiger partial charge in [0.05, 0.1) is 0 Å². The van der Waals surface area contributed by atoms with E-state index in [1.807, 2.05) is 16.8 Å². The van der Waals surface area contributed by atoms with Crippen molar-refractivity contribution in [1.29, 1.82) is 0 Å². The predicted molar refractivity (Wildman–Crippen MR) is 60.9 cm³/mol. The van der Waals surface area contributed by atoms with Gasteiger partial charge in [-0.3, -0.25) is 4.98 Å². The van der Waals surface area contributed by atoms with Crippen molar-refractivity contribution < 1.29 is 0 Å². The van der Waals surface area contributed by atoms with Gasteiger partial charge in [0, 0.05) is 31.0 Å². The summed E-state index contributed by atoms with van der Waals surface area (Å²) in [5, 5.41) is 7.76. The van der Waals surface area contributed by atoms with Crippen molar-refractivity contribution in [3.63, 3.8) is 0 Å². The molecule has 2 aromatic rings. The molecule has 3 rings (SSSR count). The van der Waals surface area contributed by atoms with E-state index in [1.54, 1.807) is 12.4 Å². The highest BCUT2D eigenvalue weighted by Gasteiger charge is 2.18. The Hall–Kier alpha value is -1.91. The molecule has 0 spiro atoms. The van der Waals surface area contributed by atoms with Crippen molar-refractivity contribution in [2.75, 3.05) is 11.9 Å². The first-order chi connectivity index (χ1) is 7.83. The average Bonchev–Trinajstić information content (AvgIpc) is 2.73. The molecule has 16 heavy (non-hydrogen) atoms. The lowest BCUT2D eigenvalue weighted by atomic mass is 10.1. The zero-order valence-electron chi connectivity index (χ0n) is 9.09. The Balaban J connectivity index is 1.99. The third-order valence-corrected chi connectivity index (χ3v) is 2.70. The first kappa shape index (κ1) is 9.33. The Morgan fingerprint density at radius 3 is 3.00 bits per heavy atom. The maximum absolute atomic E-state index is 4.49. The van der Waals surface area contributed by atoms with Crippen LogP contribution in [-0.2, 0) is 6.54 Å². The van der Waals surface area contributed by atoms with Crippen molar-refractivity contribution in [1.82, 2.24) is 19.7 Å². The smallest absolute Gasteiger partial charge is 0.221 e. The molecular weight excluding hydrogens is 202 g/mol. The number of fused-ring (bicyclic) bond motifs is 1. The summed E-state index contributed by atoms with van der Waals surface area (Å²) in [6, 6.07) is 3.84. The van der Waals surface area contributed by atoms with E-state index in [1.165, 1.54) is 0 Å². The second-order valence-corrected chi connectivity index (χ2v) is 4.16. The minimum atomic E-state index is 0.597. The van der Waals surface area contributed by atoms with Gasteiger partial charge in [-0.25, -0.2) is 4.68 Å². The van der Waals surface area contributed by atoms with Crippen LogP contribution in [0.1, 0.15) is 6.92 Å². The van der Waals surface area contributed by atoms with E-state index in [-0.39, 0.29) is 0 Å². The van der Waals surface area contributed by atoms with Gasteiger partial charge in [-0.1, -0.05) is 6.92 Å². The van der Waals surface area contributed by atoms with Gasteiger partial charge in [-0.2, -0.15) is 4.98 Å². The molecule has 0 saturated heterocycles. The lowest BCUT2D eigenvalue weighted by Crippen LogP contribution is -2.25. The maximum Gasteiger partial charge on any atom is 0.221 e. The molecule has 5 nitrogen and oxygen atoms in total. The van der Waals surface area contributed by atoms with Crippen molar-refractivity contribution in [2.24, 2.45) is 5.92 Å². The quantitative estimate of drug-likeness (QED) is 0.781. The molecule has 82 valence electrons. The third-order valence-electron chi connectivity index (χ3n) is 2.70. The fourth-order valence-electron chi connectivity index (χ4n) is 1.85. The fraction of sp³-hybridized carbons (Fsp3) is 0.364. The van der Waals surface area contributed by atoms with Crippen LogP contribution in [0.4, 0.5) is 5.95 Å². The van der Waals surface area contributed by atoms with Gasteiger partial charge in [0.1, 0.15) is 0 Å². The lowest BCUT2D eigenvalue weighted by Gasteiger charge is -2.19. The van der Waals surface area contributed by atoms with E-state index >= 15 is 0 Å². The topological polar surface area (TPSA) is 55.6 Å². The number of aromatic nitrogens is 4. The Bertz CT molecular complexity index is 490. The van der Waals surface area contributed by atoms with Gasteiger partial charge in [0.25, 0.3) is 0 Å². The van der Waals surface area contributed by atoms with Crippen LogP contribution < -0.4 is 5.32 Å². The number of anilines is 1. The van der Waals surface area contributed by atoms with Crippen LogP contribution >= 0.6 is 0 Å². The molecule has 0 aliphatic carbocycles. The van der Waals surface area contributed by atoms with Crippen LogP contribution in [0.3, 0.4) is 0 Å². The summed E-state index contributed by atoms with van der Waals surface area (Å²) in [6.07, 6.45) is 3.51. The highest BCUT2D eigenvalue weighted by Crippen LogP contribution is 2.20. The number of hydrogen-bond acceptors (Lipinski definition) is 4. The third kappa shape index (κ3) is 1.54. The molecule has 1 aliphatic heterocycles. The van der Waals surface area contributed by atoms with Crippen LogP contribution in [0.5, 0.6) is 0 Å². The SMILES string of the molecule is CC1CNc2nc(-c3ccncc3)nn2C1. The van der Waals surface area contributed by atoms with Gasteiger partial charge < -0.3 is 5.32 Å². The molecule has 0 fully saturated rings. The van der Waals surface area contributed by atoms with Gasteiger partial charge in [-0.15, -0.1) is 5.10 Å². The number of hydrogen-bond donors (Lipinski definition) is 1. The van der Waals surface area contributed by atoms with Crippen LogP contribution in [0, 0.1) is 5.92 Å². The van der Waals surface area contributed by atoms with E-state index < -0.39 is 0 Å². The molecule has 1 unspecified atom stereocenters. The Labute approximate surface area is 93.5 Å². The van der Waals surface area contributed by atoms with Crippen molar-refractivity contribution in [2.45, 2.75) is 13.5 Å². The summed E-state index contributed by atoms with van der Waals surface area (Å²) in [7, 11) is 0. The largest absolute Gasteiger partial charge is 0.354 e. The van der Waals surface area contributed by atoms with Crippen LogP contribution in [-0.4, -0.2) is 26.3 Å². The molecule has 0 saturated carbocycles. The van der Waals surface area contributed by atoms with Crippen molar-refractivity contribution >= 4 is 5.95 Å². The standard InChI is InChI=1S/C11H13N5/c1-8-6-13-11-14-10(15-16(11)7-8)9-2-4-12-5-3-9/h2-5,8H,6-7H2,1H3,(H,13,14,15). The second-order valence-electron chi connectivity index (χ2n) is 4.16. The summed E-state index contributed by atoms with van der Waals surface area (Å²) in [4.78, 5) is 8.46. The zero-order valence-corrected chi connectivity index (χ0v) is 9.09. The average molecular weight is 215 g/mol. The van der Waals surface area contributed by atoms with E-state index in [9.17, 15) is 0 Å². The molecule has 1 N–H and O–H groups in total. The Morgan fingerprint density at radius 1 is 1.38 bits per heavy atom. The summed E-state index contributed by atoms with van der Waals surface area (Å²) in [5.74, 6) is 2.23. The normalized spacial score (nSPS) is 18.9. The van der Waals surface area contributed by atoms with E-state index in [0.717, 1.165) is 30.4 Å². The number of nitrogens with one attached hydrogen (secondary N) is 1. The van der Waals surface area contributed by atoms with Crippen LogP contribution in [0.25, 0.3) is 11.4 Å². The van der Waals surface area contributed by atoms with E-state index in [4.69, 9.17) is 0 Å². The molecule has 0 radical (unpaired) electrons. The Morgan fingerprint density at radius 2 is 2.19 bits per heavy atom. The van der Waals surface area contributed by atoms with Crippen molar-refractivity contribution in [3.05, 3.63) is 24.5 Å². The van der Waals surface area contributed by atoms with Gasteiger partial charge >= 0.3 is 0 Å². The van der Waals surface area contributed by atoms with Gasteiger partial charge in [-0.05, 0) is 18.1 Å². The first-order valence-corrected chi connectivity index (χ1v) is 5.42. The van der Waals surface area contributed by atoms with E-state index in [2.05, 4.69) is 27.3 Å². The fourth-order valence-corrected chi connectivity index (χ4v) is 1.85. The molecule has 2 aromatic heterocycles. The highest BCUT2D eigenvalue weighted by molar-refractivity contribution is 5.55. The molecular formula is C11H13N5. The van der Waals surface area contributed by atoms with Crippen LogP contribution in [0.2, 0.25) is 0 Å². The van der Waals surface area contributed by atoms with E-state index in [0.29, 0.717) is 5.92 Å². The molecule has 0 aromatic carbocycles.